The Labute approximate surface area is 143 Å². The molecule has 1 fully saturated rings. The molecule has 0 saturated heterocycles. The maximum atomic E-state index is 11.9. The molecule has 0 radical (unpaired) electrons. The van der Waals surface area contributed by atoms with E-state index >= 15 is 0 Å². The Morgan fingerprint density at radius 2 is 2.04 bits per heavy atom. The first kappa shape index (κ1) is 17.4. The number of carboxylic acid groups (broad SMARTS) is 1. The summed E-state index contributed by atoms with van der Waals surface area (Å²) in [5.41, 5.74) is 1.10. The van der Waals surface area contributed by atoms with E-state index in [1.807, 2.05) is 19.1 Å². The molecule has 0 heterocycles. The third-order valence-electron chi connectivity index (χ3n) is 6.77. The van der Waals surface area contributed by atoms with Crippen LogP contribution in [0.4, 0.5) is 0 Å². The Balaban J connectivity index is 2.06. The molecular formula is C20H28O4. The molecular weight excluding hydrogens is 304 g/mol. The summed E-state index contributed by atoms with van der Waals surface area (Å²) < 4.78 is 0. The predicted octanol–water partition coefficient (Wildman–Crippen LogP) is 2.98. The number of carbonyl (C=O) groups is 1. The lowest BCUT2D eigenvalue weighted by molar-refractivity contribution is -0.157. The first-order valence-corrected chi connectivity index (χ1v) is 8.86. The minimum absolute atomic E-state index is 0.132. The lowest BCUT2D eigenvalue weighted by Crippen LogP contribution is -2.52. The second-order valence-corrected chi connectivity index (χ2v) is 8.39. The quantitative estimate of drug-likeness (QED) is 0.795. The maximum Gasteiger partial charge on any atom is 0.309 e. The van der Waals surface area contributed by atoms with Crippen LogP contribution in [-0.4, -0.2) is 27.9 Å². The monoisotopic (exact) mass is 332 g/mol. The predicted molar refractivity (Wildman–Crippen MR) is 91.9 cm³/mol. The van der Waals surface area contributed by atoms with Crippen LogP contribution in [0.5, 0.6) is 0 Å². The van der Waals surface area contributed by atoms with Crippen molar-refractivity contribution < 1.29 is 20.1 Å². The van der Waals surface area contributed by atoms with E-state index in [2.05, 4.69) is 13.0 Å². The summed E-state index contributed by atoms with van der Waals surface area (Å²) in [5.74, 6) is -0.547. The molecule has 3 rings (SSSR count). The molecule has 1 aromatic carbocycles. The molecule has 2 aliphatic carbocycles. The first-order valence-electron chi connectivity index (χ1n) is 8.86. The lowest BCUT2D eigenvalue weighted by Gasteiger charge is -2.53. The Morgan fingerprint density at radius 1 is 1.33 bits per heavy atom. The molecule has 4 nitrogen and oxygen atoms in total. The van der Waals surface area contributed by atoms with Crippen molar-refractivity contribution in [3.63, 3.8) is 0 Å². The average Bonchev–Trinajstić information content (AvgIpc) is 2.54. The van der Waals surface area contributed by atoms with Crippen molar-refractivity contribution in [2.45, 2.75) is 63.9 Å². The fourth-order valence-electron chi connectivity index (χ4n) is 5.17. The fraction of sp³-hybridized carbons (Fsp3) is 0.650. The number of aliphatic hydroxyl groups excluding tert-OH is 1. The molecule has 132 valence electrons. The Bertz CT molecular complexity index is 666. The number of hydrogen-bond acceptors (Lipinski definition) is 3. The standard InChI is InChI=1S/C20H28O4/c1-18-9-4-10-19(2,17(22)23)16(18)8-5-13-11-14(6-7-15(13)18)20(3,24)12-21/h6-7,11,16,21,24H,4-5,8-10,12H2,1-3H3,(H,22,23)/t16-,18+,19-,20+/m0/s1. The molecule has 1 aromatic rings. The van der Waals surface area contributed by atoms with Gasteiger partial charge in [0, 0.05) is 0 Å². The zero-order chi connectivity index (χ0) is 17.8. The second-order valence-electron chi connectivity index (χ2n) is 8.39. The largest absolute Gasteiger partial charge is 0.481 e. The molecule has 0 spiro atoms. The van der Waals surface area contributed by atoms with Crippen LogP contribution in [-0.2, 0) is 22.2 Å². The number of carboxylic acids is 1. The van der Waals surface area contributed by atoms with Gasteiger partial charge in [-0.05, 0) is 67.6 Å². The second kappa shape index (κ2) is 5.57. The van der Waals surface area contributed by atoms with Gasteiger partial charge in [0.05, 0.1) is 12.0 Å². The van der Waals surface area contributed by atoms with Gasteiger partial charge in [0.15, 0.2) is 0 Å². The third kappa shape index (κ3) is 2.39. The van der Waals surface area contributed by atoms with Crippen molar-refractivity contribution >= 4 is 5.97 Å². The van der Waals surface area contributed by atoms with Gasteiger partial charge in [-0.3, -0.25) is 4.79 Å². The van der Waals surface area contributed by atoms with Crippen LogP contribution in [0.15, 0.2) is 18.2 Å². The smallest absolute Gasteiger partial charge is 0.309 e. The van der Waals surface area contributed by atoms with Crippen molar-refractivity contribution in [3.05, 3.63) is 34.9 Å². The van der Waals surface area contributed by atoms with Crippen molar-refractivity contribution in [1.29, 1.82) is 0 Å². The molecule has 4 heteroatoms. The van der Waals surface area contributed by atoms with Gasteiger partial charge in [0.25, 0.3) is 0 Å². The highest BCUT2D eigenvalue weighted by Crippen LogP contribution is 2.57. The van der Waals surface area contributed by atoms with Crippen LogP contribution >= 0.6 is 0 Å². The number of hydrogen-bond donors (Lipinski definition) is 3. The van der Waals surface area contributed by atoms with Crippen LogP contribution in [0, 0.1) is 11.3 Å². The van der Waals surface area contributed by atoms with Crippen LogP contribution in [0.25, 0.3) is 0 Å². The summed E-state index contributed by atoms with van der Waals surface area (Å²) >= 11 is 0. The molecule has 2 aliphatic rings. The van der Waals surface area contributed by atoms with Crippen LogP contribution < -0.4 is 0 Å². The molecule has 0 unspecified atom stereocenters. The van der Waals surface area contributed by atoms with Gasteiger partial charge in [0.2, 0.25) is 0 Å². The minimum Gasteiger partial charge on any atom is -0.481 e. The molecule has 1 saturated carbocycles. The minimum atomic E-state index is -1.24. The van der Waals surface area contributed by atoms with Crippen molar-refractivity contribution in [1.82, 2.24) is 0 Å². The Kier molecular flexibility index (Phi) is 4.04. The molecule has 3 N–H and O–H groups in total. The fourth-order valence-corrected chi connectivity index (χ4v) is 5.17. The van der Waals surface area contributed by atoms with Gasteiger partial charge in [-0.15, -0.1) is 0 Å². The van der Waals surface area contributed by atoms with Gasteiger partial charge >= 0.3 is 5.97 Å². The Hall–Kier alpha value is -1.39. The van der Waals surface area contributed by atoms with E-state index in [4.69, 9.17) is 0 Å². The van der Waals surface area contributed by atoms with E-state index < -0.39 is 17.0 Å². The average molecular weight is 332 g/mol. The number of rotatable bonds is 3. The molecule has 0 aromatic heterocycles. The lowest BCUT2D eigenvalue weighted by atomic mass is 9.50. The molecule has 24 heavy (non-hydrogen) atoms. The number of aryl methyl sites for hydroxylation is 1. The van der Waals surface area contributed by atoms with E-state index in [1.165, 1.54) is 11.1 Å². The van der Waals surface area contributed by atoms with E-state index in [0.29, 0.717) is 0 Å². The summed E-state index contributed by atoms with van der Waals surface area (Å²) in [6, 6.07) is 5.93. The van der Waals surface area contributed by atoms with E-state index in [1.54, 1.807) is 6.92 Å². The number of aliphatic hydroxyl groups is 2. The number of benzene rings is 1. The van der Waals surface area contributed by atoms with Crippen LogP contribution in [0.1, 0.15) is 63.1 Å². The topological polar surface area (TPSA) is 77.8 Å². The molecule has 0 amide bonds. The van der Waals surface area contributed by atoms with Crippen molar-refractivity contribution in [2.75, 3.05) is 6.61 Å². The summed E-state index contributed by atoms with van der Waals surface area (Å²) in [5, 5.41) is 29.5. The van der Waals surface area contributed by atoms with Crippen molar-refractivity contribution in [3.8, 4) is 0 Å². The van der Waals surface area contributed by atoms with E-state index in [0.717, 1.165) is 37.7 Å². The van der Waals surface area contributed by atoms with Gasteiger partial charge in [-0.1, -0.05) is 31.5 Å². The SMILES string of the molecule is C[C@@](O)(CO)c1ccc2c(c1)CC[C@@H]1[C@@](C)(C(=O)O)CCC[C@]21C. The summed E-state index contributed by atoms with van der Waals surface area (Å²) in [7, 11) is 0. The molecule has 0 bridgehead atoms. The van der Waals surface area contributed by atoms with Crippen LogP contribution in [0.2, 0.25) is 0 Å². The third-order valence-corrected chi connectivity index (χ3v) is 6.77. The summed E-state index contributed by atoms with van der Waals surface area (Å²) in [6.07, 6.45) is 4.36. The van der Waals surface area contributed by atoms with Crippen LogP contribution in [0.3, 0.4) is 0 Å². The van der Waals surface area contributed by atoms with Gasteiger partial charge in [-0.2, -0.15) is 0 Å². The Morgan fingerprint density at radius 3 is 2.67 bits per heavy atom. The highest BCUT2D eigenvalue weighted by atomic mass is 16.4. The number of aliphatic carboxylic acids is 1. The molecule has 4 atom stereocenters. The van der Waals surface area contributed by atoms with E-state index in [9.17, 15) is 20.1 Å². The summed E-state index contributed by atoms with van der Waals surface area (Å²) in [6.45, 7) is 5.42. The van der Waals surface area contributed by atoms with Crippen molar-refractivity contribution in [2.24, 2.45) is 11.3 Å². The zero-order valence-corrected chi connectivity index (χ0v) is 14.8. The van der Waals surface area contributed by atoms with E-state index in [-0.39, 0.29) is 17.9 Å². The maximum absolute atomic E-state index is 11.9. The summed E-state index contributed by atoms with van der Waals surface area (Å²) in [4.78, 5) is 11.9. The normalized spacial score (nSPS) is 34.8. The highest BCUT2D eigenvalue weighted by Gasteiger charge is 2.55. The molecule has 0 aliphatic heterocycles. The highest BCUT2D eigenvalue weighted by molar-refractivity contribution is 5.75. The first-order chi connectivity index (χ1) is 11.1. The number of fused-ring (bicyclic) bond motifs is 3. The van der Waals surface area contributed by atoms with Gasteiger partial charge in [-0.25, -0.2) is 0 Å². The van der Waals surface area contributed by atoms with Gasteiger partial charge < -0.3 is 15.3 Å². The zero-order valence-electron chi connectivity index (χ0n) is 14.8. The van der Waals surface area contributed by atoms with Gasteiger partial charge in [0.1, 0.15) is 5.60 Å².